The molecule has 268 valence electrons. The van der Waals surface area contributed by atoms with E-state index in [9.17, 15) is 29.4 Å². The average molecular weight is 703 g/mol. The number of anilines is 4. The van der Waals surface area contributed by atoms with Gasteiger partial charge in [0.15, 0.2) is 0 Å². The molecule has 4 N–H and O–H groups in total. The van der Waals surface area contributed by atoms with E-state index in [-0.39, 0.29) is 0 Å². The quantitative estimate of drug-likeness (QED) is 0.212. The number of piperidine rings is 2. The first-order valence-electron chi connectivity index (χ1n) is 17.8. The summed E-state index contributed by atoms with van der Waals surface area (Å²) in [4.78, 5) is 58.2. The lowest BCUT2D eigenvalue weighted by Gasteiger charge is -2.45. The van der Waals surface area contributed by atoms with E-state index in [2.05, 4.69) is 10.6 Å². The number of carbonyl (C=O) groups is 4. The van der Waals surface area contributed by atoms with Gasteiger partial charge in [0.2, 0.25) is 0 Å². The minimum Gasteiger partial charge on any atom is -0.359 e. The molecule has 12 nitrogen and oxygen atoms in total. The van der Waals surface area contributed by atoms with Crippen molar-refractivity contribution < 1.29 is 29.4 Å². The van der Waals surface area contributed by atoms with Crippen molar-refractivity contribution >= 4 is 46.6 Å². The van der Waals surface area contributed by atoms with Crippen LogP contribution >= 0.6 is 0 Å². The number of hydrogen-bond donors (Lipinski definition) is 4. The number of rotatable bonds is 4. The Bertz CT molecular complexity index is 1810. The second kappa shape index (κ2) is 14.5. The van der Waals surface area contributed by atoms with Gasteiger partial charge in [0.05, 0.1) is 11.4 Å². The highest BCUT2D eigenvalue weighted by molar-refractivity contribution is 6.13. The SMILES string of the molecule is O=C1Nc2ccccc2[C@@](O)(C(=O)N2CCCCC2)N1c1ccccc1.O=C1Nc2ccccc2[C@@](O)(C(=O)N2CCCCC2)N1c1ccccc1. The molecule has 0 saturated carbocycles. The summed E-state index contributed by atoms with van der Waals surface area (Å²) < 4.78 is 0. The normalized spacial score (nSPS) is 22.6. The zero-order valence-electron chi connectivity index (χ0n) is 28.8. The van der Waals surface area contributed by atoms with E-state index in [1.807, 2.05) is 12.1 Å². The van der Waals surface area contributed by atoms with Crippen LogP contribution in [0.25, 0.3) is 0 Å². The van der Waals surface area contributed by atoms with Gasteiger partial charge in [0.1, 0.15) is 0 Å². The third kappa shape index (κ3) is 6.13. The minimum absolute atomic E-state index is 0.388. The summed E-state index contributed by atoms with van der Waals surface area (Å²) in [7, 11) is 0. The molecule has 0 spiro atoms. The van der Waals surface area contributed by atoms with Crippen LogP contribution in [0, 0.1) is 0 Å². The molecule has 0 bridgehead atoms. The summed E-state index contributed by atoms with van der Waals surface area (Å²) in [6, 6.07) is 30.4. The van der Waals surface area contributed by atoms with Crippen LogP contribution in [0.4, 0.5) is 32.3 Å². The monoisotopic (exact) mass is 702 g/mol. The zero-order valence-corrected chi connectivity index (χ0v) is 28.8. The number of fused-ring (bicyclic) bond motifs is 2. The molecule has 0 aromatic heterocycles. The van der Waals surface area contributed by atoms with E-state index in [4.69, 9.17) is 0 Å². The molecular formula is C40H42N6O6. The Hall–Kier alpha value is -5.72. The molecule has 52 heavy (non-hydrogen) atoms. The van der Waals surface area contributed by atoms with Gasteiger partial charge in [0.25, 0.3) is 23.3 Å². The number of para-hydroxylation sites is 4. The number of urea groups is 2. The van der Waals surface area contributed by atoms with Crippen LogP contribution < -0.4 is 20.4 Å². The van der Waals surface area contributed by atoms with Crippen molar-refractivity contribution in [3.63, 3.8) is 0 Å². The molecule has 4 aromatic rings. The zero-order chi connectivity index (χ0) is 36.3. The number of benzene rings is 4. The first-order chi connectivity index (χ1) is 25.2. The topological polar surface area (TPSA) is 146 Å². The minimum atomic E-state index is -2.07. The fourth-order valence-electron chi connectivity index (χ4n) is 7.49. The Kier molecular flexibility index (Phi) is 9.67. The fourth-order valence-corrected chi connectivity index (χ4v) is 7.49. The molecule has 2 fully saturated rings. The van der Waals surface area contributed by atoms with Gasteiger partial charge in [0, 0.05) is 48.7 Å². The average Bonchev–Trinajstić information content (AvgIpc) is 3.19. The summed E-state index contributed by atoms with van der Waals surface area (Å²) in [5.41, 5.74) is -1.53. The molecule has 12 heteroatoms. The Morgan fingerprint density at radius 3 is 1.17 bits per heavy atom. The lowest BCUT2D eigenvalue weighted by molar-refractivity contribution is -0.153. The molecule has 4 aliphatic rings. The molecule has 4 aliphatic heterocycles. The van der Waals surface area contributed by atoms with E-state index in [1.165, 1.54) is 0 Å². The summed E-state index contributed by atoms with van der Waals surface area (Å²) in [6.45, 7) is 2.36. The maximum absolute atomic E-state index is 13.4. The summed E-state index contributed by atoms with van der Waals surface area (Å²) in [5.74, 6) is -0.910. The van der Waals surface area contributed by atoms with Crippen molar-refractivity contribution in [3.8, 4) is 0 Å². The number of nitrogens with one attached hydrogen (secondary N) is 2. The van der Waals surface area contributed by atoms with Crippen LogP contribution in [0.15, 0.2) is 109 Å². The van der Waals surface area contributed by atoms with Gasteiger partial charge in [-0.2, -0.15) is 0 Å². The molecule has 8 rings (SSSR count). The van der Waals surface area contributed by atoms with E-state index in [1.54, 1.807) is 107 Å². The molecule has 0 unspecified atom stereocenters. The van der Waals surface area contributed by atoms with Crippen LogP contribution in [0.5, 0.6) is 0 Å². The van der Waals surface area contributed by atoms with Gasteiger partial charge in [-0.05, 0) is 74.9 Å². The Morgan fingerprint density at radius 2 is 0.808 bits per heavy atom. The van der Waals surface area contributed by atoms with Gasteiger partial charge in [-0.15, -0.1) is 0 Å². The van der Waals surface area contributed by atoms with Crippen LogP contribution in [0.2, 0.25) is 0 Å². The first-order valence-corrected chi connectivity index (χ1v) is 17.8. The molecule has 0 aliphatic carbocycles. The molecule has 6 amide bonds. The van der Waals surface area contributed by atoms with Gasteiger partial charge >= 0.3 is 12.1 Å². The van der Waals surface area contributed by atoms with Crippen LogP contribution in [0.1, 0.15) is 49.7 Å². The van der Waals surface area contributed by atoms with E-state index >= 15 is 0 Å². The third-order valence-electron chi connectivity index (χ3n) is 10.1. The third-order valence-corrected chi connectivity index (χ3v) is 10.1. The van der Waals surface area contributed by atoms with Crippen LogP contribution in [-0.2, 0) is 21.0 Å². The highest BCUT2D eigenvalue weighted by Crippen LogP contribution is 2.42. The molecule has 2 saturated heterocycles. The highest BCUT2D eigenvalue weighted by Gasteiger charge is 2.55. The number of aliphatic hydroxyl groups is 2. The lowest BCUT2D eigenvalue weighted by atomic mass is 9.93. The Labute approximate surface area is 302 Å². The molecule has 4 heterocycles. The Morgan fingerprint density at radius 1 is 0.481 bits per heavy atom. The van der Waals surface area contributed by atoms with E-state index in [0.29, 0.717) is 60.1 Å². The molecule has 4 aromatic carbocycles. The van der Waals surface area contributed by atoms with Crippen LogP contribution in [-0.4, -0.2) is 70.1 Å². The van der Waals surface area contributed by atoms with Crippen molar-refractivity contribution in [2.45, 2.75) is 50.0 Å². The first kappa shape index (κ1) is 34.7. The van der Waals surface area contributed by atoms with Gasteiger partial charge < -0.3 is 30.6 Å². The smallest absolute Gasteiger partial charge is 0.329 e. The predicted octanol–water partition coefficient (Wildman–Crippen LogP) is 5.79. The standard InChI is InChI=1S/2C20H21N3O3/c2*24-18(22-13-7-2-8-14-22)20(26)16-11-5-6-12-17(16)21-19(25)23(20)15-9-3-1-4-10-15/h2*1,3-6,9-12,26H,2,7-8,13-14H2,(H,21,25)/t2*20-/m11/s1. The second-order valence-corrected chi connectivity index (χ2v) is 13.3. The number of carbonyl (C=O) groups excluding carboxylic acids is 4. The summed E-state index contributed by atoms with van der Waals surface area (Å²) >= 11 is 0. The highest BCUT2D eigenvalue weighted by atomic mass is 16.3. The van der Waals surface area contributed by atoms with Crippen molar-refractivity contribution in [1.29, 1.82) is 0 Å². The van der Waals surface area contributed by atoms with Crippen LogP contribution in [0.3, 0.4) is 0 Å². The number of amides is 6. The lowest BCUT2D eigenvalue weighted by Crippen LogP contribution is -2.63. The van der Waals surface area contributed by atoms with Gasteiger partial charge in [-0.25, -0.2) is 9.59 Å². The Balaban J connectivity index is 0.000000162. The largest absolute Gasteiger partial charge is 0.359 e. The second-order valence-electron chi connectivity index (χ2n) is 13.3. The van der Waals surface area contributed by atoms with Crippen molar-refractivity contribution in [2.24, 2.45) is 0 Å². The van der Waals surface area contributed by atoms with Gasteiger partial charge in [-0.3, -0.25) is 19.4 Å². The van der Waals surface area contributed by atoms with E-state index < -0.39 is 35.3 Å². The van der Waals surface area contributed by atoms with Gasteiger partial charge in [-0.1, -0.05) is 72.8 Å². The van der Waals surface area contributed by atoms with E-state index in [0.717, 1.165) is 48.3 Å². The summed E-state index contributed by atoms with van der Waals surface area (Å²) in [5, 5.41) is 29.0. The maximum Gasteiger partial charge on any atom is 0.329 e. The molecule has 2 atom stereocenters. The van der Waals surface area contributed by atoms with Crippen molar-refractivity contribution in [3.05, 3.63) is 120 Å². The number of likely N-dealkylation sites (tertiary alicyclic amines) is 2. The predicted molar refractivity (Wildman–Crippen MR) is 197 cm³/mol. The molecule has 0 radical (unpaired) electrons. The number of hydrogen-bond acceptors (Lipinski definition) is 6. The molecular weight excluding hydrogens is 660 g/mol. The summed E-state index contributed by atoms with van der Waals surface area (Å²) in [6.07, 6.45) is 5.76. The van der Waals surface area contributed by atoms with Crippen molar-refractivity contribution in [1.82, 2.24) is 9.80 Å². The maximum atomic E-state index is 13.4. The number of nitrogens with zero attached hydrogens (tertiary/aromatic N) is 4. The van der Waals surface area contributed by atoms with Crippen molar-refractivity contribution in [2.75, 3.05) is 46.6 Å². The fraction of sp³-hybridized carbons (Fsp3) is 0.300.